The molecule has 1 atom stereocenters. The van der Waals surface area contributed by atoms with Crippen LogP contribution in [0.2, 0.25) is 0 Å². The van der Waals surface area contributed by atoms with Crippen molar-refractivity contribution < 1.29 is 9.21 Å². The van der Waals surface area contributed by atoms with Gasteiger partial charge in [-0.3, -0.25) is 4.79 Å². The van der Waals surface area contributed by atoms with Crippen LogP contribution in [0.1, 0.15) is 23.0 Å². The highest BCUT2D eigenvalue weighted by atomic mass is 79.9. The Morgan fingerprint density at radius 2 is 2.43 bits per heavy atom. The molecule has 0 radical (unpaired) electrons. The molecule has 0 fully saturated rings. The van der Waals surface area contributed by atoms with Gasteiger partial charge in [-0.1, -0.05) is 0 Å². The maximum atomic E-state index is 11.6. The molecule has 1 heterocycles. The quantitative estimate of drug-likeness (QED) is 0.864. The first-order chi connectivity index (χ1) is 6.54. The Labute approximate surface area is 91.0 Å². The van der Waals surface area contributed by atoms with Gasteiger partial charge < -0.3 is 15.5 Å². The number of hydrogen-bond acceptors (Lipinski definition) is 3. The summed E-state index contributed by atoms with van der Waals surface area (Å²) in [7, 11) is 0. The molecule has 0 bridgehead atoms. The third-order valence-electron chi connectivity index (χ3n) is 1.86. The van der Waals surface area contributed by atoms with Gasteiger partial charge in [0.1, 0.15) is 5.76 Å². The van der Waals surface area contributed by atoms with Crippen LogP contribution < -0.4 is 11.1 Å². The van der Waals surface area contributed by atoms with Crippen molar-refractivity contribution in [3.8, 4) is 0 Å². The number of hydrogen-bond donors (Lipinski definition) is 2. The van der Waals surface area contributed by atoms with Gasteiger partial charge in [0.05, 0.1) is 5.56 Å². The van der Waals surface area contributed by atoms with Gasteiger partial charge >= 0.3 is 0 Å². The molecule has 0 aliphatic heterocycles. The van der Waals surface area contributed by atoms with Crippen molar-refractivity contribution in [2.45, 2.75) is 19.9 Å². The van der Waals surface area contributed by atoms with Crippen LogP contribution in [0.4, 0.5) is 0 Å². The van der Waals surface area contributed by atoms with Crippen LogP contribution in [0.25, 0.3) is 0 Å². The van der Waals surface area contributed by atoms with E-state index < -0.39 is 0 Å². The molecule has 0 aliphatic carbocycles. The zero-order chi connectivity index (χ0) is 10.7. The summed E-state index contributed by atoms with van der Waals surface area (Å²) in [5, 5.41) is 2.76. The summed E-state index contributed by atoms with van der Waals surface area (Å²) >= 11 is 3.16. The van der Waals surface area contributed by atoms with Crippen LogP contribution in [0.5, 0.6) is 0 Å². The van der Waals surface area contributed by atoms with Crippen LogP contribution in [-0.4, -0.2) is 18.5 Å². The summed E-state index contributed by atoms with van der Waals surface area (Å²) in [5.41, 5.74) is 5.93. The third kappa shape index (κ3) is 2.59. The zero-order valence-corrected chi connectivity index (χ0v) is 9.72. The molecule has 1 aromatic heterocycles. The van der Waals surface area contributed by atoms with E-state index in [9.17, 15) is 4.79 Å². The van der Waals surface area contributed by atoms with Crippen molar-refractivity contribution in [2.75, 3.05) is 6.54 Å². The first-order valence-electron chi connectivity index (χ1n) is 4.31. The van der Waals surface area contributed by atoms with Crippen molar-refractivity contribution in [3.05, 3.63) is 22.1 Å². The fraction of sp³-hybridized carbons (Fsp3) is 0.444. The highest BCUT2D eigenvalue weighted by Crippen LogP contribution is 2.19. The summed E-state index contributed by atoms with van der Waals surface area (Å²) in [5.74, 6) is 0.438. The molecule has 1 unspecified atom stereocenters. The lowest BCUT2D eigenvalue weighted by Crippen LogP contribution is -2.37. The number of carbonyl (C=O) groups excluding carboxylic acids is 1. The highest BCUT2D eigenvalue weighted by Gasteiger charge is 2.15. The lowest BCUT2D eigenvalue weighted by atomic mass is 10.2. The van der Waals surface area contributed by atoms with Gasteiger partial charge in [-0.15, -0.1) is 0 Å². The molecule has 1 aromatic rings. The Bertz CT molecular complexity index is 336. The van der Waals surface area contributed by atoms with E-state index in [4.69, 9.17) is 10.2 Å². The average Bonchev–Trinajstić information content (AvgIpc) is 2.45. The molecule has 78 valence electrons. The lowest BCUT2D eigenvalue weighted by Gasteiger charge is -2.09. The lowest BCUT2D eigenvalue weighted by molar-refractivity contribution is 0.0940. The minimum Gasteiger partial charge on any atom is -0.454 e. The molecule has 0 aromatic carbocycles. The van der Waals surface area contributed by atoms with Crippen LogP contribution in [-0.2, 0) is 0 Å². The predicted octanol–water partition coefficient (Wildman–Crippen LogP) is 1.43. The summed E-state index contributed by atoms with van der Waals surface area (Å²) in [4.78, 5) is 11.6. The molecule has 0 saturated carbocycles. The number of amides is 1. The molecular weight excluding hydrogens is 248 g/mol. The van der Waals surface area contributed by atoms with E-state index in [1.54, 1.807) is 13.0 Å². The number of nitrogens with two attached hydrogens (primary N) is 1. The number of nitrogens with one attached hydrogen (secondary N) is 1. The molecule has 1 rings (SSSR count). The molecule has 1 amide bonds. The number of halogens is 1. The molecule has 0 spiro atoms. The Morgan fingerprint density at radius 1 is 1.79 bits per heavy atom. The maximum absolute atomic E-state index is 11.6. The van der Waals surface area contributed by atoms with Gasteiger partial charge in [-0.05, 0) is 29.8 Å². The van der Waals surface area contributed by atoms with E-state index >= 15 is 0 Å². The van der Waals surface area contributed by atoms with E-state index in [0.29, 0.717) is 22.5 Å². The van der Waals surface area contributed by atoms with Crippen LogP contribution >= 0.6 is 15.9 Å². The van der Waals surface area contributed by atoms with E-state index in [1.807, 2.05) is 6.92 Å². The van der Waals surface area contributed by atoms with Crippen molar-refractivity contribution in [1.29, 1.82) is 0 Å². The molecular formula is C9H13BrN2O2. The fourth-order valence-electron chi connectivity index (χ4n) is 1.03. The standard InChI is InChI=1S/C9H13BrN2O2/c1-5(4-11)12-9(13)7-3-8(10)14-6(7)2/h3,5H,4,11H2,1-2H3,(H,12,13). The first-order valence-corrected chi connectivity index (χ1v) is 5.10. The smallest absolute Gasteiger partial charge is 0.255 e. The van der Waals surface area contributed by atoms with Crippen LogP contribution in [0.15, 0.2) is 15.2 Å². The van der Waals surface area contributed by atoms with Crippen molar-refractivity contribution in [1.82, 2.24) is 5.32 Å². The van der Waals surface area contributed by atoms with Crippen LogP contribution in [0, 0.1) is 6.92 Å². The van der Waals surface area contributed by atoms with E-state index in [-0.39, 0.29) is 11.9 Å². The zero-order valence-electron chi connectivity index (χ0n) is 8.13. The maximum Gasteiger partial charge on any atom is 0.255 e. The summed E-state index contributed by atoms with van der Waals surface area (Å²) in [6.45, 7) is 4.01. The minimum absolute atomic E-state index is 0.0319. The summed E-state index contributed by atoms with van der Waals surface area (Å²) in [6.07, 6.45) is 0. The molecule has 0 aliphatic rings. The second-order valence-corrected chi connectivity index (χ2v) is 3.91. The Balaban J connectivity index is 2.74. The normalized spacial score (nSPS) is 12.6. The number of furan rings is 1. The first kappa shape index (κ1) is 11.3. The average molecular weight is 261 g/mol. The largest absolute Gasteiger partial charge is 0.454 e. The third-order valence-corrected chi connectivity index (χ3v) is 2.25. The van der Waals surface area contributed by atoms with Gasteiger partial charge in [0.25, 0.3) is 5.91 Å². The Hall–Kier alpha value is -0.810. The van der Waals surface area contributed by atoms with Crippen molar-refractivity contribution in [3.63, 3.8) is 0 Å². The number of carbonyl (C=O) groups is 1. The molecule has 4 nitrogen and oxygen atoms in total. The fourth-order valence-corrected chi connectivity index (χ4v) is 1.50. The SMILES string of the molecule is Cc1oc(Br)cc1C(=O)NC(C)CN. The second-order valence-electron chi connectivity index (χ2n) is 3.13. The minimum atomic E-state index is -0.157. The van der Waals surface area contributed by atoms with Gasteiger partial charge in [-0.25, -0.2) is 0 Å². The van der Waals surface area contributed by atoms with Crippen LogP contribution in [0.3, 0.4) is 0 Å². The van der Waals surface area contributed by atoms with E-state index in [1.165, 1.54) is 0 Å². The molecule has 5 heteroatoms. The van der Waals surface area contributed by atoms with E-state index in [2.05, 4.69) is 21.2 Å². The van der Waals surface area contributed by atoms with Gasteiger partial charge in [0.2, 0.25) is 0 Å². The Morgan fingerprint density at radius 3 is 2.86 bits per heavy atom. The second kappa shape index (κ2) is 4.61. The molecule has 0 saturated heterocycles. The van der Waals surface area contributed by atoms with E-state index in [0.717, 1.165) is 0 Å². The highest BCUT2D eigenvalue weighted by molar-refractivity contribution is 9.10. The number of rotatable bonds is 3. The topological polar surface area (TPSA) is 68.3 Å². The molecule has 14 heavy (non-hydrogen) atoms. The van der Waals surface area contributed by atoms with Crippen molar-refractivity contribution in [2.24, 2.45) is 5.73 Å². The molecule has 3 N–H and O–H groups in total. The van der Waals surface area contributed by atoms with Gasteiger partial charge in [-0.2, -0.15) is 0 Å². The van der Waals surface area contributed by atoms with Crippen molar-refractivity contribution >= 4 is 21.8 Å². The predicted molar refractivity (Wildman–Crippen MR) is 57.1 cm³/mol. The van der Waals surface area contributed by atoms with Gasteiger partial charge in [0.15, 0.2) is 4.67 Å². The summed E-state index contributed by atoms with van der Waals surface area (Å²) in [6, 6.07) is 1.61. The Kier molecular flexibility index (Phi) is 3.71. The monoisotopic (exact) mass is 260 g/mol. The number of aryl methyl sites for hydroxylation is 1. The van der Waals surface area contributed by atoms with Gasteiger partial charge in [0, 0.05) is 18.7 Å². The summed E-state index contributed by atoms with van der Waals surface area (Å²) < 4.78 is 5.73.